The molecule has 3 aromatic rings. The van der Waals surface area contributed by atoms with E-state index in [2.05, 4.69) is 16.5 Å². The van der Waals surface area contributed by atoms with Crippen LogP contribution in [0, 0.1) is 0 Å². The molecule has 0 bridgehead atoms. The van der Waals surface area contributed by atoms with Crippen molar-refractivity contribution in [2.24, 2.45) is 5.73 Å². The van der Waals surface area contributed by atoms with Crippen molar-refractivity contribution in [3.05, 3.63) is 36.5 Å². The van der Waals surface area contributed by atoms with Gasteiger partial charge in [-0.2, -0.15) is 0 Å². The van der Waals surface area contributed by atoms with Crippen LogP contribution in [0.3, 0.4) is 0 Å². The van der Waals surface area contributed by atoms with Gasteiger partial charge in [0.05, 0.1) is 25.3 Å². The molecule has 1 atom stereocenters. The van der Waals surface area contributed by atoms with E-state index in [9.17, 15) is 0 Å². The maximum atomic E-state index is 5.90. The number of pyridine rings is 1. The molecular weight excluding hydrogens is 292 g/mol. The minimum Gasteiger partial charge on any atom is -0.493 e. The van der Waals surface area contributed by atoms with Crippen LogP contribution in [0.15, 0.2) is 36.5 Å². The average Bonchev–Trinajstić information content (AvgIpc) is 2.98. The standard InChI is InChI=1S/C17H20N4O2/c1-11(10-18)21-14-9-16(23-3)15(22-2)8-13(14)20-17(21)12-6-4-5-7-19-12/h4-9,11H,10,18H2,1-3H3. The van der Waals surface area contributed by atoms with Gasteiger partial charge in [0, 0.05) is 30.9 Å². The van der Waals surface area contributed by atoms with E-state index in [1.807, 2.05) is 30.3 Å². The Morgan fingerprint density at radius 2 is 1.91 bits per heavy atom. The highest BCUT2D eigenvalue weighted by atomic mass is 16.5. The first-order valence-corrected chi connectivity index (χ1v) is 7.45. The summed E-state index contributed by atoms with van der Waals surface area (Å²) in [6.07, 6.45) is 1.76. The maximum Gasteiger partial charge on any atom is 0.163 e. The molecule has 23 heavy (non-hydrogen) atoms. The van der Waals surface area contributed by atoms with E-state index >= 15 is 0 Å². The van der Waals surface area contributed by atoms with Gasteiger partial charge in [-0.25, -0.2) is 4.98 Å². The number of nitrogens with two attached hydrogens (primary N) is 1. The minimum absolute atomic E-state index is 0.0788. The van der Waals surface area contributed by atoms with Gasteiger partial charge in [-0.3, -0.25) is 4.98 Å². The highest BCUT2D eigenvalue weighted by Gasteiger charge is 2.19. The van der Waals surface area contributed by atoms with Crippen LogP contribution in [0.4, 0.5) is 0 Å². The molecule has 3 rings (SSSR count). The van der Waals surface area contributed by atoms with Gasteiger partial charge >= 0.3 is 0 Å². The fraction of sp³-hybridized carbons (Fsp3) is 0.294. The monoisotopic (exact) mass is 312 g/mol. The van der Waals surface area contributed by atoms with Gasteiger partial charge in [0.1, 0.15) is 5.69 Å². The van der Waals surface area contributed by atoms with Crippen molar-refractivity contribution in [1.82, 2.24) is 14.5 Å². The Morgan fingerprint density at radius 1 is 1.17 bits per heavy atom. The van der Waals surface area contributed by atoms with Crippen molar-refractivity contribution in [3.8, 4) is 23.0 Å². The number of imidazole rings is 1. The topological polar surface area (TPSA) is 75.2 Å². The summed E-state index contributed by atoms with van der Waals surface area (Å²) in [7, 11) is 3.24. The Labute approximate surface area is 134 Å². The van der Waals surface area contributed by atoms with Gasteiger partial charge in [-0.15, -0.1) is 0 Å². The van der Waals surface area contributed by atoms with E-state index < -0.39 is 0 Å². The lowest BCUT2D eigenvalue weighted by Gasteiger charge is -2.16. The summed E-state index contributed by atoms with van der Waals surface area (Å²) in [5.74, 6) is 2.10. The maximum absolute atomic E-state index is 5.90. The second-order valence-corrected chi connectivity index (χ2v) is 5.30. The third-order valence-electron chi connectivity index (χ3n) is 3.87. The van der Waals surface area contributed by atoms with Gasteiger partial charge < -0.3 is 19.8 Å². The minimum atomic E-state index is 0.0788. The van der Waals surface area contributed by atoms with Crippen molar-refractivity contribution in [2.45, 2.75) is 13.0 Å². The number of fused-ring (bicyclic) bond motifs is 1. The molecular formula is C17H20N4O2. The number of nitrogens with zero attached hydrogens (tertiary/aromatic N) is 3. The fourth-order valence-electron chi connectivity index (χ4n) is 2.65. The summed E-state index contributed by atoms with van der Waals surface area (Å²) in [4.78, 5) is 9.17. The summed E-state index contributed by atoms with van der Waals surface area (Å²) >= 11 is 0. The lowest BCUT2D eigenvalue weighted by atomic mass is 10.2. The first kappa shape index (κ1) is 15.3. The molecule has 0 spiro atoms. The summed E-state index contributed by atoms with van der Waals surface area (Å²) < 4.78 is 12.9. The summed E-state index contributed by atoms with van der Waals surface area (Å²) in [6.45, 7) is 2.56. The summed E-state index contributed by atoms with van der Waals surface area (Å²) in [5.41, 5.74) is 8.48. The van der Waals surface area contributed by atoms with Gasteiger partial charge in [0.25, 0.3) is 0 Å². The normalized spacial score (nSPS) is 12.3. The van der Waals surface area contributed by atoms with Gasteiger partial charge in [0.2, 0.25) is 0 Å². The van der Waals surface area contributed by atoms with Crippen molar-refractivity contribution >= 4 is 11.0 Å². The smallest absolute Gasteiger partial charge is 0.163 e. The zero-order chi connectivity index (χ0) is 16.4. The van der Waals surface area contributed by atoms with Gasteiger partial charge in [-0.05, 0) is 19.1 Å². The molecule has 120 valence electrons. The molecule has 0 aliphatic rings. The van der Waals surface area contributed by atoms with Crippen LogP contribution in [0.25, 0.3) is 22.6 Å². The van der Waals surface area contributed by atoms with E-state index in [0.717, 1.165) is 22.6 Å². The Hall–Kier alpha value is -2.60. The molecule has 6 heteroatoms. The molecule has 0 fully saturated rings. The Morgan fingerprint density at radius 3 is 2.52 bits per heavy atom. The molecule has 2 heterocycles. The van der Waals surface area contributed by atoms with Crippen LogP contribution in [0.2, 0.25) is 0 Å². The molecule has 2 N–H and O–H groups in total. The summed E-state index contributed by atoms with van der Waals surface area (Å²) in [6, 6.07) is 9.65. The van der Waals surface area contributed by atoms with E-state index in [1.54, 1.807) is 20.4 Å². The lowest BCUT2D eigenvalue weighted by Crippen LogP contribution is -2.17. The number of ether oxygens (including phenoxy) is 2. The molecule has 1 unspecified atom stereocenters. The Bertz CT molecular complexity index is 814. The molecule has 0 aliphatic carbocycles. The van der Waals surface area contributed by atoms with E-state index in [1.165, 1.54) is 0 Å². The average molecular weight is 312 g/mol. The Balaban J connectivity index is 2.31. The van der Waals surface area contributed by atoms with Crippen molar-refractivity contribution in [2.75, 3.05) is 20.8 Å². The second kappa shape index (κ2) is 6.26. The number of hydrogen-bond donors (Lipinski definition) is 1. The molecule has 1 aromatic carbocycles. The third kappa shape index (κ3) is 2.61. The van der Waals surface area contributed by atoms with Crippen LogP contribution >= 0.6 is 0 Å². The largest absolute Gasteiger partial charge is 0.493 e. The molecule has 0 amide bonds. The van der Waals surface area contributed by atoms with Crippen LogP contribution in [0.5, 0.6) is 11.5 Å². The number of methoxy groups -OCH3 is 2. The van der Waals surface area contributed by atoms with Crippen molar-refractivity contribution in [3.63, 3.8) is 0 Å². The molecule has 0 aliphatic heterocycles. The zero-order valence-electron chi connectivity index (χ0n) is 13.5. The molecule has 0 saturated heterocycles. The van der Waals surface area contributed by atoms with Crippen LogP contribution in [-0.2, 0) is 0 Å². The van der Waals surface area contributed by atoms with Crippen molar-refractivity contribution in [1.29, 1.82) is 0 Å². The number of aromatic nitrogens is 3. The quantitative estimate of drug-likeness (QED) is 0.784. The van der Waals surface area contributed by atoms with Crippen molar-refractivity contribution < 1.29 is 9.47 Å². The third-order valence-corrected chi connectivity index (χ3v) is 3.87. The second-order valence-electron chi connectivity index (χ2n) is 5.30. The van der Waals surface area contributed by atoms with E-state index in [-0.39, 0.29) is 6.04 Å². The molecule has 2 aromatic heterocycles. The van der Waals surface area contributed by atoms with Gasteiger partial charge in [-0.1, -0.05) is 6.07 Å². The van der Waals surface area contributed by atoms with E-state index in [4.69, 9.17) is 20.2 Å². The fourth-order valence-corrected chi connectivity index (χ4v) is 2.65. The number of benzene rings is 1. The molecule has 0 radical (unpaired) electrons. The first-order chi connectivity index (χ1) is 11.2. The Kier molecular flexibility index (Phi) is 4.16. The van der Waals surface area contributed by atoms with E-state index in [0.29, 0.717) is 18.0 Å². The highest BCUT2D eigenvalue weighted by Crippen LogP contribution is 2.35. The van der Waals surface area contributed by atoms with Crippen LogP contribution < -0.4 is 15.2 Å². The molecule has 0 saturated carbocycles. The number of rotatable bonds is 5. The predicted molar refractivity (Wildman–Crippen MR) is 89.8 cm³/mol. The first-order valence-electron chi connectivity index (χ1n) is 7.45. The van der Waals surface area contributed by atoms with Gasteiger partial charge in [0.15, 0.2) is 17.3 Å². The SMILES string of the molecule is COc1cc2nc(-c3ccccn3)n(C(C)CN)c2cc1OC. The predicted octanol–water partition coefficient (Wildman–Crippen LogP) is 2.64. The van der Waals surface area contributed by atoms with Crippen LogP contribution in [-0.4, -0.2) is 35.3 Å². The molecule has 6 nitrogen and oxygen atoms in total. The lowest BCUT2D eigenvalue weighted by molar-refractivity contribution is 0.355. The van der Waals surface area contributed by atoms with Crippen LogP contribution in [0.1, 0.15) is 13.0 Å². The summed E-state index contributed by atoms with van der Waals surface area (Å²) in [5, 5.41) is 0. The number of hydrogen-bond acceptors (Lipinski definition) is 5. The zero-order valence-corrected chi connectivity index (χ0v) is 13.5. The highest BCUT2D eigenvalue weighted by molar-refractivity contribution is 5.84.